The summed E-state index contributed by atoms with van der Waals surface area (Å²) in [4.78, 5) is 0. The van der Waals surface area contributed by atoms with Crippen molar-refractivity contribution in [2.75, 3.05) is 18.9 Å². The molecule has 0 aromatic rings. The lowest BCUT2D eigenvalue weighted by Gasteiger charge is -2.21. The van der Waals surface area contributed by atoms with Gasteiger partial charge in [-0.3, -0.25) is 0 Å². The Kier molecular flexibility index (Phi) is 3.47. The molecule has 4 nitrogen and oxygen atoms in total. The molecule has 0 saturated carbocycles. The summed E-state index contributed by atoms with van der Waals surface area (Å²) in [5.74, 6) is -0.0382. The molecule has 0 bridgehead atoms. The molecular weight excluding hydrogens is 190 g/mol. The van der Waals surface area contributed by atoms with Crippen molar-refractivity contribution in [2.24, 2.45) is 0 Å². The fourth-order valence-corrected chi connectivity index (χ4v) is 3.13. The fraction of sp³-hybridized carbons (Fsp3) is 0.750. The molecule has 0 aromatic heterocycles. The van der Waals surface area contributed by atoms with Crippen molar-refractivity contribution >= 4 is 10.0 Å². The summed E-state index contributed by atoms with van der Waals surface area (Å²) in [6.07, 6.45) is 2.97. The molecule has 0 radical (unpaired) electrons. The quantitative estimate of drug-likeness (QED) is 0.655. The number of sulfonamides is 1. The first kappa shape index (κ1) is 10.7. The van der Waals surface area contributed by atoms with Gasteiger partial charge in [0.15, 0.2) is 0 Å². The van der Waals surface area contributed by atoms with Gasteiger partial charge in [0.05, 0.1) is 12.4 Å². The van der Waals surface area contributed by atoms with Crippen LogP contribution in [-0.4, -0.2) is 42.8 Å². The summed E-state index contributed by atoms with van der Waals surface area (Å²) in [7, 11) is -3.22. The molecule has 13 heavy (non-hydrogen) atoms. The number of aliphatic hydroxyl groups excluding tert-OH is 1. The van der Waals surface area contributed by atoms with Crippen LogP contribution in [0, 0.1) is 0 Å². The van der Waals surface area contributed by atoms with Gasteiger partial charge in [0.1, 0.15) is 0 Å². The predicted molar refractivity (Wildman–Crippen MR) is 50.8 cm³/mol. The van der Waals surface area contributed by atoms with E-state index in [4.69, 9.17) is 5.11 Å². The molecule has 1 heterocycles. The second kappa shape index (κ2) is 4.21. The maximum atomic E-state index is 11.5. The van der Waals surface area contributed by atoms with Crippen molar-refractivity contribution in [1.82, 2.24) is 4.31 Å². The van der Waals surface area contributed by atoms with E-state index in [0.29, 0.717) is 6.54 Å². The van der Waals surface area contributed by atoms with Crippen molar-refractivity contribution in [3.8, 4) is 0 Å². The third-order valence-corrected chi connectivity index (χ3v) is 4.07. The molecule has 1 fully saturated rings. The van der Waals surface area contributed by atoms with Crippen molar-refractivity contribution in [3.05, 3.63) is 12.7 Å². The molecule has 1 aliphatic heterocycles. The molecule has 5 heteroatoms. The van der Waals surface area contributed by atoms with E-state index in [2.05, 4.69) is 6.58 Å². The maximum Gasteiger partial charge on any atom is 0.217 e. The number of hydrogen-bond acceptors (Lipinski definition) is 3. The van der Waals surface area contributed by atoms with Crippen LogP contribution in [0.4, 0.5) is 0 Å². The second-order valence-electron chi connectivity index (χ2n) is 3.16. The maximum absolute atomic E-state index is 11.5. The number of aliphatic hydroxyl groups is 1. The molecular formula is C8H15NO3S. The first-order chi connectivity index (χ1) is 6.11. The Hall–Kier alpha value is -0.390. The first-order valence-electron chi connectivity index (χ1n) is 4.33. The van der Waals surface area contributed by atoms with Gasteiger partial charge < -0.3 is 5.11 Å². The summed E-state index contributed by atoms with van der Waals surface area (Å²) in [6.45, 7) is 3.84. The van der Waals surface area contributed by atoms with Crippen LogP contribution in [0.25, 0.3) is 0 Å². The van der Waals surface area contributed by atoms with Crippen molar-refractivity contribution in [2.45, 2.75) is 18.9 Å². The van der Waals surface area contributed by atoms with Crippen LogP contribution in [-0.2, 0) is 10.0 Å². The smallest absolute Gasteiger partial charge is 0.217 e. The minimum Gasteiger partial charge on any atom is -0.395 e. The second-order valence-corrected chi connectivity index (χ2v) is 5.12. The van der Waals surface area contributed by atoms with E-state index < -0.39 is 10.0 Å². The molecule has 0 aromatic carbocycles. The van der Waals surface area contributed by atoms with Gasteiger partial charge in [0, 0.05) is 12.6 Å². The Labute approximate surface area is 78.9 Å². The lowest BCUT2D eigenvalue weighted by Crippen LogP contribution is -2.38. The van der Waals surface area contributed by atoms with Gasteiger partial charge >= 0.3 is 0 Å². The number of rotatable bonds is 4. The Balaban J connectivity index is 2.75. The van der Waals surface area contributed by atoms with Crippen molar-refractivity contribution in [3.63, 3.8) is 0 Å². The SMILES string of the molecule is C=CCS(=O)(=O)N1CCC[C@H]1CO. The molecule has 1 aliphatic rings. The predicted octanol–water partition coefficient (Wildman–Crippen LogP) is -0.0411. The molecule has 0 aliphatic carbocycles. The third kappa shape index (κ3) is 2.30. The van der Waals surface area contributed by atoms with Crippen molar-refractivity contribution < 1.29 is 13.5 Å². The molecule has 76 valence electrons. The van der Waals surface area contributed by atoms with E-state index in [-0.39, 0.29) is 18.4 Å². The topological polar surface area (TPSA) is 57.6 Å². The monoisotopic (exact) mass is 205 g/mol. The number of hydrogen-bond donors (Lipinski definition) is 1. The zero-order valence-electron chi connectivity index (χ0n) is 7.52. The standard InChI is InChI=1S/C8H15NO3S/c1-2-6-13(11,12)9-5-3-4-8(9)7-10/h2,8,10H,1,3-7H2/t8-/m0/s1. The average Bonchev–Trinajstić information content (AvgIpc) is 2.51. The third-order valence-electron chi connectivity index (χ3n) is 2.22. The molecule has 1 saturated heterocycles. The van der Waals surface area contributed by atoms with Crippen LogP contribution in [0.2, 0.25) is 0 Å². The molecule has 0 unspecified atom stereocenters. The summed E-state index contributed by atoms with van der Waals surface area (Å²) >= 11 is 0. The van der Waals surface area contributed by atoms with Crippen LogP contribution >= 0.6 is 0 Å². The van der Waals surface area contributed by atoms with Crippen LogP contribution in [0.1, 0.15) is 12.8 Å². The van der Waals surface area contributed by atoms with Crippen LogP contribution in [0.15, 0.2) is 12.7 Å². The lowest BCUT2D eigenvalue weighted by molar-refractivity contribution is 0.214. The van der Waals surface area contributed by atoms with E-state index in [1.165, 1.54) is 10.4 Å². The normalized spacial score (nSPS) is 24.8. The number of nitrogens with zero attached hydrogens (tertiary/aromatic N) is 1. The Morgan fingerprint density at radius 2 is 2.31 bits per heavy atom. The Bertz CT molecular complexity index is 273. The highest BCUT2D eigenvalue weighted by atomic mass is 32.2. The zero-order chi connectivity index (χ0) is 9.90. The highest BCUT2D eigenvalue weighted by molar-refractivity contribution is 7.89. The van der Waals surface area contributed by atoms with Crippen LogP contribution in [0.3, 0.4) is 0 Å². The van der Waals surface area contributed by atoms with E-state index in [1.54, 1.807) is 0 Å². The van der Waals surface area contributed by atoms with E-state index >= 15 is 0 Å². The van der Waals surface area contributed by atoms with Gasteiger partial charge in [-0.15, -0.1) is 6.58 Å². The van der Waals surface area contributed by atoms with E-state index in [9.17, 15) is 8.42 Å². The van der Waals surface area contributed by atoms with Crippen LogP contribution < -0.4 is 0 Å². The van der Waals surface area contributed by atoms with Gasteiger partial charge in [-0.05, 0) is 12.8 Å². The Morgan fingerprint density at radius 1 is 1.62 bits per heavy atom. The molecule has 1 atom stereocenters. The van der Waals surface area contributed by atoms with Gasteiger partial charge in [0.2, 0.25) is 10.0 Å². The highest BCUT2D eigenvalue weighted by Crippen LogP contribution is 2.20. The minimum absolute atomic E-state index is 0.0382. The summed E-state index contributed by atoms with van der Waals surface area (Å²) < 4.78 is 24.5. The summed E-state index contributed by atoms with van der Waals surface area (Å²) in [6, 6.07) is -0.218. The fourth-order valence-electron chi connectivity index (χ4n) is 1.60. The van der Waals surface area contributed by atoms with Gasteiger partial charge in [-0.25, -0.2) is 8.42 Å². The zero-order valence-corrected chi connectivity index (χ0v) is 8.33. The van der Waals surface area contributed by atoms with Gasteiger partial charge in [-0.1, -0.05) is 6.08 Å². The highest BCUT2D eigenvalue weighted by Gasteiger charge is 2.32. The van der Waals surface area contributed by atoms with Crippen LogP contribution in [0.5, 0.6) is 0 Å². The van der Waals surface area contributed by atoms with Crippen molar-refractivity contribution in [1.29, 1.82) is 0 Å². The first-order valence-corrected chi connectivity index (χ1v) is 5.94. The minimum atomic E-state index is -3.22. The van der Waals surface area contributed by atoms with E-state index in [0.717, 1.165) is 12.8 Å². The summed E-state index contributed by atoms with van der Waals surface area (Å²) in [5, 5.41) is 8.94. The average molecular weight is 205 g/mol. The molecule has 1 N–H and O–H groups in total. The van der Waals surface area contributed by atoms with E-state index in [1.807, 2.05) is 0 Å². The lowest BCUT2D eigenvalue weighted by atomic mass is 10.2. The van der Waals surface area contributed by atoms with Gasteiger partial charge in [-0.2, -0.15) is 4.31 Å². The van der Waals surface area contributed by atoms with Gasteiger partial charge in [0.25, 0.3) is 0 Å². The largest absolute Gasteiger partial charge is 0.395 e. The molecule has 0 amide bonds. The molecule has 1 rings (SSSR count). The molecule has 0 spiro atoms. The Morgan fingerprint density at radius 3 is 2.85 bits per heavy atom. The summed E-state index contributed by atoms with van der Waals surface area (Å²) in [5.41, 5.74) is 0.